The van der Waals surface area contributed by atoms with Gasteiger partial charge in [-0.15, -0.1) is 10.1 Å². The summed E-state index contributed by atoms with van der Waals surface area (Å²) in [6.45, 7) is 0.0275. The maximum absolute atomic E-state index is 13.9. The van der Waals surface area contributed by atoms with Crippen molar-refractivity contribution in [3.8, 4) is 5.75 Å². The molecule has 5 aromatic rings. The van der Waals surface area contributed by atoms with E-state index in [0.29, 0.717) is 11.3 Å². The quantitative estimate of drug-likeness (QED) is 0.227. The average molecular weight is 489 g/mol. The number of hydrogen-bond donors (Lipinski definition) is 1. The van der Waals surface area contributed by atoms with E-state index in [1.54, 1.807) is 6.20 Å². The van der Waals surface area contributed by atoms with Crippen molar-refractivity contribution in [3.05, 3.63) is 142 Å². The number of nitrogens with zero attached hydrogens (tertiary/aromatic N) is 3. The Bertz CT molecular complexity index is 1450. The van der Waals surface area contributed by atoms with E-state index in [0.717, 1.165) is 11.6 Å². The molecule has 7 nitrogen and oxygen atoms in total. The minimum atomic E-state index is -1.50. The summed E-state index contributed by atoms with van der Waals surface area (Å²) in [5.41, 5.74) is 2.55. The average Bonchev–Trinajstić information content (AvgIpc) is 3.39. The minimum Gasteiger partial charge on any atom is -0.489 e. The van der Waals surface area contributed by atoms with Crippen LogP contribution in [0.4, 0.5) is 8.78 Å². The molecule has 0 amide bonds. The Morgan fingerprint density at radius 3 is 2.42 bits per heavy atom. The van der Waals surface area contributed by atoms with Gasteiger partial charge >= 0.3 is 0 Å². The molecule has 1 atom stereocenters. The van der Waals surface area contributed by atoms with Gasteiger partial charge in [0.1, 0.15) is 24.0 Å². The molecule has 1 unspecified atom stereocenters. The highest BCUT2D eigenvalue weighted by molar-refractivity contribution is 5.86. The Balaban J connectivity index is 0.000000709. The van der Waals surface area contributed by atoms with Crippen LogP contribution in [0.5, 0.6) is 5.75 Å². The van der Waals surface area contributed by atoms with Crippen LogP contribution in [0.3, 0.4) is 0 Å². The molecule has 0 saturated carbocycles. The molecule has 0 radical (unpaired) electrons. The first-order chi connectivity index (χ1) is 17.4. The number of fused-ring (bicyclic) bond motifs is 1. The number of hydrogen-bond acceptors (Lipinski definition) is 4. The summed E-state index contributed by atoms with van der Waals surface area (Å²) in [6, 6.07) is 25.8. The molecule has 1 heterocycles. The lowest BCUT2D eigenvalue weighted by Gasteiger charge is -2.22. The summed E-state index contributed by atoms with van der Waals surface area (Å²) in [6.07, 6.45) is 5.54. The van der Waals surface area contributed by atoms with Crippen LogP contribution in [0.2, 0.25) is 0 Å². The second-order valence-corrected chi connectivity index (χ2v) is 7.81. The maximum atomic E-state index is 13.9. The Hall–Kier alpha value is -4.79. The van der Waals surface area contributed by atoms with Crippen LogP contribution >= 0.6 is 0 Å². The molecule has 0 spiro atoms. The van der Waals surface area contributed by atoms with Gasteiger partial charge in [0.05, 0.1) is 12.4 Å². The highest BCUT2D eigenvalue weighted by Gasteiger charge is 2.18. The molecule has 182 valence electrons. The fourth-order valence-electron chi connectivity index (χ4n) is 3.97. The summed E-state index contributed by atoms with van der Waals surface area (Å²) < 4.78 is 34.8. The van der Waals surface area contributed by atoms with Crippen molar-refractivity contribution in [2.75, 3.05) is 0 Å². The third kappa shape index (κ3) is 5.82. The van der Waals surface area contributed by atoms with Crippen LogP contribution in [0.1, 0.15) is 22.7 Å². The van der Waals surface area contributed by atoms with Gasteiger partial charge in [-0.25, -0.2) is 13.8 Å². The molecule has 1 aromatic heterocycles. The smallest absolute Gasteiger partial charge is 0.291 e. The first-order valence-corrected chi connectivity index (χ1v) is 10.9. The van der Waals surface area contributed by atoms with Crippen molar-refractivity contribution >= 4 is 10.8 Å². The van der Waals surface area contributed by atoms with Gasteiger partial charge in [0.25, 0.3) is 5.09 Å². The maximum Gasteiger partial charge on any atom is 0.291 e. The third-order valence-electron chi connectivity index (χ3n) is 5.55. The number of rotatable bonds is 6. The van der Waals surface area contributed by atoms with Gasteiger partial charge in [-0.1, -0.05) is 54.6 Å². The van der Waals surface area contributed by atoms with Crippen LogP contribution in [0.25, 0.3) is 10.8 Å². The van der Waals surface area contributed by atoms with Gasteiger partial charge in [-0.05, 0) is 46.2 Å². The van der Waals surface area contributed by atoms with Crippen molar-refractivity contribution in [3.63, 3.8) is 0 Å². The van der Waals surface area contributed by atoms with Gasteiger partial charge in [0.2, 0.25) is 0 Å². The summed E-state index contributed by atoms with van der Waals surface area (Å²) in [7, 11) is 0. The predicted molar refractivity (Wildman–Crippen MR) is 129 cm³/mol. The number of aromatic nitrogens is 2. The van der Waals surface area contributed by atoms with Crippen molar-refractivity contribution in [2.45, 2.75) is 12.6 Å². The Morgan fingerprint density at radius 2 is 1.72 bits per heavy atom. The van der Waals surface area contributed by atoms with Gasteiger partial charge < -0.3 is 14.5 Å². The molecule has 0 saturated heterocycles. The van der Waals surface area contributed by atoms with Crippen LogP contribution < -0.4 is 4.74 Å². The Morgan fingerprint density at radius 1 is 1.00 bits per heavy atom. The number of ether oxygens (including phenoxy) is 1. The highest BCUT2D eigenvalue weighted by atomic mass is 19.1. The molecule has 0 aliphatic rings. The lowest BCUT2D eigenvalue weighted by Crippen LogP contribution is -2.11. The van der Waals surface area contributed by atoms with E-state index in [4.69, 9.17) is 20.1 Å². The SMILES string of the molecule is Fc1ccc(COc2ccc(C(c3cccc4ccccc34)n3ccnc3)cc2)c(F)c1.O=[N+]([O-])O. The molecule has 1 N–H and O–H groups in total. The lowest BCUT2D eigenvalue weighted by atomic mass is 9.93. The van der Waals surface area contributed by atoms with Crippen molar-refractivity contribution in [1.29, 1.82) is 0 Å². The molecule has 36 heavy (non-hydrogen) atoms. The molecule has 0 fully saturated rings. The number of benzene rings is 4. The molecular formula is C27H21F2N3O4. The number of imidazole rings is 1. The first kappa shape index (κ1) is 24.3. The molecule has 0 aliphatic carbocycles. The summed E-state index contributed by atoms with van der Waals surface area (Å²) in [5, 5.41) is 16.0. The topological polar surface area (TPSA) is 90.4 Å². The number of halogens is 2. The fraction of sp³-hybridized carbons (Fsp3) is 0.0741. The van der Waals surface area contributed by atoms with Gasteiger partial charge in [-0.2, -0.15) is 0 Å². The van der Waals surface area contributed by atoms with E-state index in [1.807, 2.05) is 48.9 Å². The van der Waals surface area contributed by atoms with Crippen LogP contribution in [-0.4, -0.2) is 19.8 Å². The standard InChI is InChI=1S/C27H20F2N2O.HNO3/c28-22-11-8-21(26(29)16-22)17-32-23-12-9-20(10-13-23)27(31-15-14-30-18-31)25-7-3-5-19-4-1-2-6-24(19)25;2-1(3)4/h1-16,18,27H,17H2;(H,2,3,4). The molecule has 9 heteroatoms. The molecular weight excluding hydrogens is 468 g/mol. The van der Waals surface area contributed by atoms with E-state index in [1.165, 1.54) is 28.5 Å². The Kier molecular flexibility index (Phi) is 7.50. The molecule has 0 aliphatic heterocycles. The second kappa shape index (κ2) is 11.1. The van der Waals surface area contributed by atoms with E-state index in [-0.39, 0.29) is 12.6 Å². The van der Waals surface area contributed by atoms with E-state index in [9.17, 15) is 8.78 Å². The van der Waals surface area contributed by atoms with Crippen molar-refractivity contribution in [2.24, 2.45) is 0 Å². The van der Waals surface area contributed by atoms with Crippen LogP contribution in [0.15, 0.2) is 104 Å². The zero-order valence-corrected chi connectivity index (χ0v) is 18.9. The van der Waals surface area contributed by atoms with Crippen LogP contribution in [-0.2, 0) is 6.61 Å². The Labute approximate surface area is 205 Å². The van der Waals surface area contributed by atoms with Crippen LogP contribution in [0, 0.1) is 21.7 Å². The predicted octanol–water partition coefficient (Wildman–Crippen LogP) is 6.18. The third-order valence-corrected chi connectivity index (χ3v) is 5.55. The highest BCUT2D eigenvalue weighted by Crippen LogP contribution is 2.33. The van der Waals surface area contributed by atoms with E-state index < -0.39 is 16.7 Å². The van der Waals surface area contributed by atoms with Gasteiger partial charge in [0.15, 0.2) is 0 Å². The molecule has 4 aromatic carbocycles. The fourth-order valence-corrected chi connectivity index (χ4v) is 3.97. The second-order valence-electron chi connectivity index (χ2n) is 7.81. The zero-order valence-electron chi connectivity index (χ0n) is 18.9. The lowest BCUT2D eigenvalue weighted by molar-refractivity contribution is -0.742. The summed E-state index contributed by atoms with van der Waals surface area (Å²) in [5.74, 6) is -0.605. The van der Waals surface area contributed by atoms with Gasteiger partial charge in [0, 0.05) is 24.0 Å². The van der Waals surface area contributed by atoms with Crippen molar-refractivity contribution in [1.82, 2.24) is 9.55 Å². The first-order valence-electron chi connectivity index (χ1n) is 10.9. The van der Waals surface area contributed by atoms with Gasteiger partial charge in [-0.3, -0.25) is 0 Å². The normalized spacial score (nSPS) is 11.4. The molecule has 5 rings (SSSR count). The largest absolute Gasteiger partial charge is 0.489 e. The zero-order chi connectivity index (χ0) is 25.5. The van der Waals surface area contributed by atoms with Crippen molar-refractivity contribution < 1.29 is 23.8 Å². The van der Waals surface area contributed by atoms with E-state index >= 15 is 0 Å². The minimum absolute atomic E-state index is 0.0275. The van der Waals surface area contributed by atoms with E-state index in [2.05, 4.69) is 39.9 Å². The molecule has 0 bridgehead atoms. The summed E-state index contributed by atoms with van der Waals surface area (Å²) >= 11 is 0. The summed E-state index contributed by atoms with van der Waals surface area (Å²) in [4.78, 5) is 12.6. The monoisotopic (exact) mass is 489 g/mol.